The number of hydrogen-bond acceptors (Lipinski definition) is 2. The van der Waals surface area contributed by atoms with Crippen LogP contribution in [-0.2, 0) is 0 Å². The van der Waals surface area contributed by atoms with Crippen molar-refractivity contribution in [3.8, 4) is 0 Å². The smallest absolute Gasteiger partial charge is 0.0782 e. The first-order chi connectivity index (χ1) is 8.10. The van der Waals surface area contributed by atoms with E-state index in [1.807, 2.05) is 18.2 Å². The molecule has 17 heavy (non-hydrogen) atoms. The Kier molecular flexibility index (Phi) is 5.72. The summed E-state index contributed by atoms with van der Waals surface area (Å²) >= 11 is 3.48. The molecule has 0 amide bonds. The van der Waals surface area contributed by atoms with Crippen molar-refractivity contribution >= 4 is 21.6 Å². The van der Waals surface area contributed by atoms with Crippen LogP contribution in [-0.4, -0.2) is 18.2 Å². The average Bonchev–Trinajstić information content (AvgIpc) is 2.28. The van der Waals surface area contributed by atoms with Gasteiger partial charge >= 0.3 is 0 Å². The van der Waals surface area contributed by atoms with Crippen molar-refractivity contribution in [3.05, 3.63) is 40.9 Å². The second-order valence-corrected chi connectivity index (χ2v) is 5.03. The first-order valence-corrected chi connectivity index (χ1v) is 6.72. The van der Waals surface area contributed by atoms with Crippen LogP contribution in [0.15, 0.2) is 35.3 Å². The van der Waals surface area contributed by atoms with Crippen LogP contribution in [0.1, 0.15) is 31.9 Å². The van der Waals surface area contributed by atoms with E-state index in [0.29, 0.717) is 0 Å². The molecule has 0 aromatic heterocycles. The minimum Gasteiger partial charge on any atom is -0.389 e. The lowest BCUT2D eigenvalue weighted by molar-refractivity contribution is 0.199. The maximum atomic E-state index is 9.81. The van der Waals surface area contributed by atoms with E-state index < -0.39 is 6.10 Å². The molecule has 0 radical (unpaired) electrons. The van der Waals surface area contributed by atoms with Gasteiger partial charge in [0.2, 0.25) is 0 Å². The van der Waals surface area contributed by atoms with Crippen molar-refractivity contribution < 1.29 is 5.11 Å². The van der Waals surface area contributed by atoms with Crippen LogP contribution in [0.3, 0.4) is 0 Å². The van der Waals surface area contributed by atoms with Gasteiger partial charge in [-0.1, -0.05) is 35.0 Å². The van der Waals surface area contributed by atoms with Gasteiger partial charge in [0, 0.05) is 28.8 Å². The molecule has 1 atom stereocenters. The van der Waals surface area contributed by atoms with E-state index in [1.165, 1.54) is 0 Å². The van der Waals surface area contributed by atoms with E-state index >= 15 is 0 Å². The number of hydrogen-bond donors (Lipinski definition) is 1. The van der Waals surface area contributed by atoms with Crippen LogP contribution in [0.2, 0.25) is 0 Å². The summed E-state index contributed by atoms with van der Waals surface area (Å²) in [7, 11) is 0. The maximum absolute atomic E-state index is 9.81. The molecule has 0 heterocycles. The number of anilines is 1. The van der Waals surface area contributed by atoms with Crippen LogP contribution >= 0.6 is 15.9 Å². The normalized spacial score (nSPS) is 12.2. The first-order valence-electron chi connectivity index (χ1n) is 5.93. The van der Waals surface area contributed by atoms with Crippen LogP contribution in [0.25, 0.3) is 0 Å². The quantitative estimate of drug-likeness (QED) is 0.805. The molecule has 1 aromatic carbocycles. The Morgan fingerprint density at radius 1 is 1.53 bits per heavy atom. The van der Waals surface area contributed by atoms with E-state index in [2.05, 4.69) is 40.4 Å². The molecule has 3 heteroatoms. The van der Waals surface area contributed by atoms with Crippen LogP contribution in [0, 0.1) is 0 Å². The molecule has 0 fully saturated rings. The second-order valence-electron chi connectivity index (χ2n) is 4.11. The third-order valence-corrected chi connectivity index (χ3v) is 3.12. The Bertz CT molecular complexity index is 376. The molecule has 0 saturated heterocycles. The molecule has 0 saturated carbocycles. The zero-order chi connectivity index (χ0) is 12.8. The van der Waals surface area contributed by atoms with Crippen molar-refractivity contribution in [3.63, 3.8) is 0 Å². The van der Waals surface area contributed by atoms with Gasteiger partial charge in [0.15, 0.2) is 0 Å². The van der Waals surface area contributed by atoms with Crippen molar-refractivity contribution in [1.82, 2.24) is 0 Å². The fourth-order valence-electron chi connectivity index (χ4n) is 1.88. The third-order valence-electron chi connectivity index (χ3n) is 2.63. The Morgan fingerprint density at radius 3 is 2.76 bits per heavy atom. The van der Waals surface area contributed by atoms with Crippen molar-refractivity contribution in [2.75, 3.05) is 18.0 Å². The Balaban J connectivity index is 3.13. The van der Waals surface area contributed by atoms with E-state index in [9.17, 15) is 5.11 Å². The number of aliphatic hydroxyl groups is 1. The number of rotatable bonds is 6. The molecule has 1 unspecified atom stereocenters. The monoisotopic (exact) mass is 297 g/mol. The highest BCUT2D eigenvalue weighted by atomic mass is 79.9. The van der Waals surface area contributed by atoms with Gasteiger partial charge < -0.3 is 10.0 Å². The van der Waals surface area contributed by atoms with Gasteiger partial charge in [-0.05, 0) is 25.5 Å². The maximum Gasteiger partial charge on any atom is 0.0782 e. The molecule has 0 aliphatic rings. The minimum absolute atomic E-state index is 0.456. The fourth-order valence-corrected chi connectivity index (χ4v) is 2.23. The summed E-state index contributed by atoms with van der Waals surface area (Å²) in [6, 6.07) is 5.99. The lowest BCUT2D eigenvalue weighted by Gasteiger charge is -2.26. The lowest BCUT2D eigenvalue weighted by Crippen LogP contribution is -2.25. The SMILES string of the molecule is C=CCN(CCC)c1cc(Br)ccc1C(C)O. The molecule has 0 aliphatic carbocycles. The predicted octanol–water partition coefficient (Wildman–Crippen LogP) is 3.90. The highest BCUT2D eigenvalue weighted by molar-refractivity contribution is 9.10. The summed E-state index contributed by atoms with van der Waals surface area (Å²) in [5.74, 6) is 0. The molecule has 2 nitrogen and oxygen atoms in total. The fraction of sp³-hybridized carbons (Fsp3) is 0.429. The third kappa shape index (κ3) is 3.86. The Labute approximate surface area is 112 Å². The average molecular weight is 298 g/mol. The molecule has 1 aromatic rings. The van der Waals surface area contributed by atoms with Gasteiger partial charge in [-0.3, -0.25) is 0 Å². The predicted molar refractivity (Wildman–Crippen MR) is 77.5 cm³/mol. The standard InChI is InChI=1S/C14H20BrNO/c1-4-8-16(9-5-2)14-10-12(15)6-7-13(14)11(3)17/h4,6-7,10-11,17H,1,5,8-9H2,2-3H3. The van der Waals surface area contributed by atoms with Gasteiger partial charge in [-0.15, -0.1) is 6.58 Å². The highest BCUT2D eigenvalue weighted by Gasteiger charge is 2.13. The lowest BCUT2D eigenvalue weighted by atomic mass is 10.1. The molecule has 0 aliphatic heterocycles. The number of halogens is 1. The molecule has 0 spiro atoms. The summed E-state index contributed by atoms with van der Waals surface area (Å²) < 4.78 is 1.03. The summed E-state index contributed by atoms with van der Waals surface area (Å²) in [6.45, 7) is 9.49. The van der Waals surface area contributed by atoms with Crippen molar-refractivity contribution in [2.45, 2.75) is 26.4 Å². The highest BCUT2D eigenvalue weighted by Crippen LogP contribution is 2.29. The Hall–Kier alpha value is -0.800. The second kappa shape index (κ2) is 6.82. The number of aliphatic hydroxyl groups excluding tert-OH is 1. The van der Waals surface area contributed by atoms with Crippen LogP contribution in [0.5, 0.6) is 0 Å². The topological polar surface area (TPSA) is 23.5 Å². The molecular weight excluding hydrogens is 278 g/mol. The van der Waals surface area contributed by atoms with E-state index in [0.717, 1.165) is 35.2 Å². The zero-order valence-corrected chi connectivity index (χ0v) is 12.1. The summed E-state index contributed by atoms with van der Waals surface area (Å²) in [6.07, 6.45) is 2.50. The number of nitrogens with zero attached hydrogens (tertiary/aromatic N) is 1. The van der Waals surface area contributed by atoms with Gasteiger partial charge in [-0.25, -0.2) is 0 Å². The van der Waals surface area contributed by atoms with E-state index in [-0.39, 0.29) is 0 Å². The van der Waals surface area contributed by atoms with Gasteiger partial charge in [0.1, 0.15) is 0 Å². The summed E-state index contributed by atoms with van der Waals surface area (Å²) in [5, 5.41) is 9.81. The van der Waals surface area contributed by atoms with E-state index in [1.54, 1.807) is 6.92 Å². The first kappa shape index (κ1) is 14.3. The van der Waals surface area contributed by atoms with E-state index in [4.69, 9.17) is 0 Å². The van der Waals surface area contributed by atoms with Gasteiger partial charge in [0.05, 0.1) is 6.10 Å². The Morgan fingerprint density at radius 2 is 2.24 bits per heavy atom. The van der Waals surface area contributed by atoms with Crippen LogP contribution < -0.4 is 4.90 Å². The summed E-state index contributed by atoms with van der Waals surface area (Å²) in [4.78, 5) is 2.24. The molecular formula is C14H20BrNO. The van der Waals surface area contributed by atoms with Crippen molar-refractivity contribution in [2.24, 2.45) is 0 Å². The molecule has 0 bridgehead atoms. The zero-order valence-electron chi connectivity index (χ0n) is 10.5. The van der Waals surface area contributed by atoms with Crippen LogP contribution in [0.4, 0.5) is 5.69 Å². The summed E-state index contributed by atoms with van der Waals surface area (Å²) in [5.41, 5.74) is 2.04. The molecule has 1 N–H and O–H groups in total. The number of benzene rings is 1. The van der Waals surface area contributed by atoms with Crippen molar-refractivity contribution in [1.29, 1.82) is 0 Å². The largest absolute Gasteiger partial charge is 0.389 e. The van der Waals surface area contributed by atoms with Gasteiger partial charge in [0.25, 0.3) is 0 Å². The molecule has 94 valence electrons. The van der Waals surface area contributed by atoms with Gasteiger partial charge in [-0.2, -0.15) is 0 Å². The minimum atomic E-state index is -0.456. The molecule has 1 rings (SSSR count).